The van der Waals surface area contributed by atoms with Crippen molar-refractivity contribution in [1.82, 2.24) is 0 Å². The van der Waals surface area contributed by atoms with Crippen LogP contribution in [0, 0.1) is 17.8 Å². The van der Waals surface area contributed by atoms with Gasteiger partial charge >= 0.3 is 39.5 Å². The summed E-state index contributed by atoms with van der Waals surface area (Å²) in [5.74, 6) is 0.128. The molecule has 0 aliphatic carbocycles. The van der Waals surface area contributed by atoms with E-state index in [1.165, 1.54) is 205 Å². The number of hydrogen-bond donors (Lipinski definition) is 3. The maximum atomic E-state index is 13.1. The van der Waals surface area contributed by atoms with Gasteiger partial charge in [0.25, 0.3) is 0 Å². The van der Waals surface area contributed by atoms with Crippen molar-refractivity contribution in [3.8, 4) is 0 Å². The number of carbonyl (C=O) groups excluding carboxylic acids is 4. The Labute approximate surface area is 594 Å². The monoisotopic (exact) mass is 1420 g/mol. The van der Waals surface area contributed by atoms with Crippen molar-refractivity contribution in [3.05, 3.63) is 0 Å². The molecule has 0 fully saturated rings. The molecule has 17 nitrogen and oxygen atoms in total. The van der Waals surface area contributed by atoms with Crippen LogP contribution >= 0.6 is 15.6 Å². The highest BCUT2D eigenvalue weighted by Gasteiger charge is 2.30. The summed E-state index contributed by atoms with van der Waals surface area (Å²) in [6, 6.07) is 0. The van der Waals surface area contributed by atoms with Crippen LogP contribution in [0.4, 0.5) is 0 Å². The molecule has 5 atom stereocenters. The summed E-state index contributed by atoms with van der Waals surface area (Å²) in [7, 11) is -9.91. The van der Waals surface area contributed by atoms with Crippen molar-refractivity contribution in [3.63, 3.8) is 0 Å². The summed E-state index contributed by atoms with van der Waals surface area (Å²) in [5, 5.41) is 10.6. The van der Waals surface area contributed by atoms with Gasteiger partial charge in [0.2, 0.25) is 0 Å². The Bertz CT molecular complexity index is 1890. The molecule has 0 heterocycles. The molecule has 0 saturated carbocycles. The molecule has 0 radical (unpaired) electrons. The molecule has 0 saturated heterocycles. The summed E-state index contributed by atoms with van der Waals surface area (Å²) in [4.78, 5) is 72.9. The summed E-state index contributed by atoms with van der Waals surface area (Å²) >= 11 is 0. The standard InChI is InChI=1S/C78H152O17P2/c1-8-9-10-11-12-13-14-15-16-17-20-23-26-31-38-45-52-59-75(80)88-65-73(94-77(82)61-54-47-39-32-27-24-21-18-19-22-25-29-35-42-49-56-69(2)3)67-92-96(84,85)90-63-72(79)64-91-97(86,87)93-68-74(66-89-76(81)60-53-46-41-34-37-44-51-58-71(6)7)95-78(83)62-55-48-40-33-28-30-36-43-50-57-70(4)5/h69-74,79H,8-68H2,1-7H3,(H,84,85)(H,86,87)/t72-,73-,74-/m1/s1. The Balaban J connectivity index is 5.24. The first-order valence-electron chi connectivity index (χ1n) is 40.3. The normalized spacial score (nSPS) is 14.0. The summed E-state index contributed by atoms with van der Waals surface area (Å²) < 4.78 is 68.6. The van der Waals surface area contributed by atoms with Gasteiger partial charge < -0.3 is 33.8 Å². The van der Waals surface area contributed by atoms with Crippen LogP contribution in [-0.4, -0.2) is 96.7 Å². The van der Waals surface area contributed by atoms with E-state index in [4.69, 9.17) is 37.0 Å². The lowest BCUT2D eigenvalue weighted by atomic mass is 10.0. The van der Waals surface area contributed by atoms with E-state index in [0.29, 0.717) is 31.6 Å². The molecular weight excluding hydrogens is 1270 g/mol. The van der Waals surface area contributed by atoms with E-state index in [1.54, 1.807) is 0 Å². The number of phosphoric acid groups is 2. The van der Waals surface area contributed by atoms with Gasteiger partial charge in [0.05, 0.1) is 26.4 Å². The Morgan fingerprint density at radius 1 is 0.278 bits per heavy atom. The van der Waals surface area contributed by atoms with Gasteiger partial charge in [-0.3, -0.25) is 37.3 Å². The molecule has 2 unspecified atom stereocenters. The smallest absolute Gasteiger partial charge is 0.462 e. The molecular formula is C78H152O17P2. The number of hydrogen-bond acceptors (Lipinski definition) is 15. The molecule has 97 heavy (non-hydrogen) atoms. The van der Waals surface area contributed by atoms with Crippen LogP contribution in [0.25, 0.3) is 0 Å². The van der Waals surface area contributed by atoms with Crippen molar-refractivity contribution in [1.29, 1.82) is 0 Å². The minimum atomic E-state index is -4.96. The fraction of sp³-hybridized carbons (Fsp3) is 0.949. The van der Waals surface area contributed by atoms with E-state index in [9.17, 15) is 43.2 Å². The molecule has 0 aliphatic heterocycles. The van der Waals surface area contributed by atoms with Crippen LogP contribution in [0.15, 0.2) is 0 Å². The van der Waals surface area contributed by atoms with Crippen molar-refractivity contribution >= 4 is 39.5 Å². The van der Waals surface area contributed by atoms with Crippen LogP contribution in [-0.2, 0) is 65.4 Å². The first kappa shape index (κ1) is 95.1. The number of esters is 4. The Kier molecular flexibility index (Phi) is 67.1. The lowest BCUT2D eigenvalue weighted by Crippen LogP contribution is -2.30. The summed E-state index contributed by atoms with van der Waals surface area (Å²) in [6.07, 6.45) is 55.6. The van der Waals surface area contributed by atoms with Gasteiger partial charge in [0, 0.05) is 25.7 Å². The Morgan fingerprint density at radius 2 is 0.474 bits per heavy atom. The minimum Gasteiger partial charge on any atom is -0.462 e. The predicted octanol–water partition coefficient (Wildman–Crippen LogP) is 23.0. The molecule has 0 aromatic heterocycles. The number of unbranched alkanes of at least 4 members (excludes halogenated alkanes) is 44. The van der Waals surface area contributed by atoms with Gasteiger partial charge in [0.1, 0.15) is 19.3 Å². The zero-order chi connectivity index (χ0) is 71.6. The van der Waals surface area contributed by atoms with Gasteiger partial charge in [-0.05, 0) is 43.4 Å². The molecule has 0 spiro atoms. The number of phosphoric ester groups is 2. The number of ether oxygens (including phenoxy) is 4. The topological polar surface area (TPSA) is 237 Å². The van der Waals surface area contributed by atoms with E-state index in [-0.39, 0.29) is 25.7 Å². The lowest BCUT2D eigenvalue weighted by Gasteiger charge is -2.21. The maximum Gasteiger partial charge on any atom is 0.472 e. The highest BCUT2D eigenvalue weighted by Crippen LogP contribution is 2.45. The van der Waals surface area contributed by atoms with Gasteiger partial charge in [0.15, 0.2) is 12.2 Å². The van der Waals surface area contributed by atoms with E-state index in [1.807, 2.05) is 0 Å². The van der Waals surface area contributed by atoms with Crippen molar-refractivity contribution in [2.75, 3.05) is 39.6 Å². The molecule has 0 aliphatic rings. The van der Waals surface area contributed by atoms with E-state index < -0.39 is 97.5 Å². The molecule has 576 valence electrons. The van der Waals surface area contributed by atoms with Gasteiger partial charge in [-0.1, -0.05) is 350 Å². The predicted molar refractivity (Wildman–Crippen MR) is 395 cm³/mol. The highest BCUT2D eigenvalue weighted by molar-refractivity contribution is 7.47. The Morgan fingerprint density at radius 3 is 0.701 bits per heavy atom. The van der Waals surface area contributed by atoms with Crippen LogP contribution in [0.3, 0.4) is 0 Å². The number of carbonyl (C=O) groups is 4. The molecule has 0 aromatic carbocycles. The molecule has 0 amide bonds. The van der Waals surface area contributed by atoms with E-state index >= 15 is 0 Å². The molecule has 0 rings (SSSR count). The van der Waals surface area contributed by atoms with Gasteiger partial charge in [-0.15, -0.1) is 0 Å². The fourth-order valence-electron chi connectivity index (χ4n) is 12.0. The van der Waals surface area contributed by atoms with Crippen LogP contribution in [0.1, 0.15) is 402 Å². The fourth-order valence-corrected chi connectivity index (χ4v) is 13.5. The SMILES string of the molecule is CCCCCCCCCCCCCCCCCCCC(=O)OC[C@H](COP(=O)(O)OC[C@@H](O)COP(=O)(O)OC[C@@H](COC(=O)CCCCCCCCCC(C)C)OC(=O)CCCCCCCCCCCC(C)C)OC(=O)CCCCCCCCCCCCCCCCCC(C)C. The molecule has 19 heteroatoms. The average molecular weight is 1420 g/mol. The second-order valence-electron chi connectivity index (χ2n) is 29.5. The first-order chi connectivity index (χ1) is 46.7. The quantitative estimate of drug-likeness (QED) is 0.0222. The van der Waals surface area contributed by atoms with Crippen LogP contribution < -0.4 is 0 Å². The largest absolute Gasteiger partial charge is 0.472 e. The minimum absolute atomic E-state index is 0.104. The van der Waals surface area contributed by atoms with Crippen LogP contribution in [0.2, 0.25) is 0 Å². The third kappa shape index (κ3) is 72.2. The average Bonchev–Trinajstić information content (AvgIpc) is 1.35. The first-order valence-corrected chi connectivity index (χ1v) is 43.3. The third-order valence-corrected chi connectivity index (χ3v) is 20.0. The van der Waals surface area contributed by atoms with Crippen LogP contribution in [0.5, 0.6) is 0 Å². The second-order valence-corrected chi connectivity index (χ2v) is 32.4. The Hall–Kier alpha value is -1.94. The van der Waals surface area contributed by atoms with Gasteiger partial charge in [-0.2, -0.15) is 0 Å². The second kappa shape index (κ2) is 68.5. The summed E-state index contributed by atoms with van der Waals surface area (Å²) in [5.41, 5.74) is 0. The number of aliphatic hydroxyl groups is 1. The number of rotatable bonds is 76. The highest BCUT2D eigenvalue weighted by atomic mass is 31.2. The lowest BCUT2D eigenvalue weighted by molar-refractivity contribution is -0.161. The van der Waals surface area contributed by atoms with E-state index in [2.05, 4.69) is 48.5 Å². The summed E-state index contributed by atoms with van der Waals surface area (Å²) in [6.45, 7) is 11.9. The van der Waals surface area contributed by atoms with Crippen molar-refractivity contribution in [2.24, 2.45) is 17.8 Å². The van der Waals surface area contributed by atoms with Crippen molar-refractivity contribution < 1.29 is 80.2 Å². The zero-order valence-electron chi connectivity index (χ0n) is 63.5. The molecule has 3 N–H and O–H groups in total. The van der Waals surface area contributed by atoms with Gasteiger partial charge in [-0.25, -0.2) is 9.13 Å². The molecule has 0 bridgehead atoms. The molecule has 0 aromatic rings. The zero-order valence-corrected chi connectivity index (χ0v) is 65.3. The third-order valence-electron chi connectivity index (χ3n) is 18.1. The number of aliphatic hydroxyl groups excluding tert-OH is 1. The van der Waals surface area contributed by atoms with E-state index in [0.717, 1.165) is 108 Å². The van der Waals surface area contributed by atoms with Crippen molar-refractivity contribution in [2.45, 2.75) is 420 Å². The maximum absolute atomic E-state index is 13.1.